The Morgan fingerprint density at radius 1 is 1.35 bits per heavy atom. The molecule has 4 heteroatoms. The van der Waals surface area contributed by atoms with Gasteiger partial charge in [0, 0.05) is 25.6 Å². The van der Waals surface area contributed by atoms with Crippen molar-refractivity contribution in [3.63, 3.8) is 0 Å². The molecule has 0 bridgehead atoms. The van der Waals surface area contributed by atoms with E-state index in [4.69, 9.17) is 5.73 Å². The van der Waals surface area contributed by atoms with E-state index in [1.807, 2.05) is 6.07 Å². The smallest absolute Gasteiger partial charge is 0.146 e. The second-order valence-corrected chi connectivity index (χ2v) is 6.19. The Hall–Kier alpha value is -1.13. The van der Waals surface area contributed by atoms with Crippen molar-refractivity contribution in [2.24, 2.45) is 11.7 Å². The minimum Gasteiger partial charge on any atom is -0.389 e. The van der Waals surface area contributed by atoms with E-state index in [2.05, 4.69) is 4.90 Å². The Labute approximate surface area is 119 Å². The standard InChI is InChI=1S/C16H23FN2O/c17-14-6-3-4-12(10-18)15(14)19-9-8-16(20)7-2-1-5-13(16)11-19/h3-4,6,13,20H,1-2,5,7-11,18H2. The summed E-state index contributed by atoms with van der Waals surface area (Å²) in [5.41, 5.74) is 6.71. The highest BCUT2D eigenvalue weighted by Gasteiger charge is 2.43. The first-order valence-electron chi connectivity index (χ1n) is 7.59. The first kappa shape index (κ1) is 13.8. The van der Waals surface area contributed by atoms with Gasteiger partial charge in [0.2, 0.25) is 0 Å². The van der Waals surface area contributed by atoms with E-state index < -0.39 is 5.60 Å². The molecule has 1 saturated heterocycles. The van der Waals surface area contributed by atoms with Crippen molar-refractivity contribution in [1.29, 1.82) is 0 Å². The van der Waals surface area contributed by atoms with Gasteiger partial charge in [-0.2, -0.15) is 0 Å². The fourth-order valence-corrected chi connectivity index (χ4v) is 3.85. The lowest BCUT2D eigenvalue weighted by atomic mass is 9.71. The Balaban J connectivity index is 1.86. The summed E-state index contributed by atoms with van der Waals surface area (Å²) in [4.78, 5) is 2.09. The number of rotatable bonds is 2. The van der Waals surface area contributed by atoms with Gasteiger partial charge in [0.05, 0.1) is 11.3 Å². The number of fused-ring (bicyclic) bond motifs is 1. The monoisotopic (exact) mass is 278 g/mol. The minimum atomic E-state index is -0.525. The van der Waals surface area contributed by atoms with Crippen LogP contribution in [0.3, 0.4) is 0 Å². The largest absolute Gasteiger partial charge is 0.389 e. The number of benzene rings is 1. The summed E-state index contributed by atoms with van der Waals surface area (Å²) in [7, 11) is 0. The van der Waals surface area contributed by atoms with Crippen LogP contribution in [0.1, 0.15) is 37.7 Å². The van der Waals surface area contributed by atoms with Crippen LogP contribution in [0.15, 0.2) is 18.2 Å². The van der Waals surface area contributed by atoms with Crippen molar-refractivity contribution in [3.05, 3.63) is 29.6 Å². The third-order valence-corrected chi connectivity index (χ3v) is 5.03. The number of nitrogens with two attached hydrogens (primary N) is 1. The van der Waals surface area contributed by atoms with E-state index in [1.54, 1.807) is 6.07 Å². The van der Waals surface area contributed by atoms with Crippen molar-refractivity contribution in [3.8, 4) is 0 Å². The number of nitrogens with zero attached hydrogens (tertiary/aromatic N) is 1. The van der Waals surface area contributed by atoms with Crippen LogP contribution in [0.5, 0.6) is 0 Å². The fraction of sp³-hybridized carbons (Fsp3) is 0.625. The lowest BCUT2D eigenvalue weighted by Crippen LogP contribution is -2.53. The quantitative estimate of drug-likeness (QED) is 0.873. The molecule has 2 atom stereocenters. The summed E-state index contributed by atoms with van der Waals surface area (Å²) in [6.45, 7) is 1.80. The van der Waals surface area contributed by atoms with E-state index >= 15 is 0 Å². The molecule has 1 saturated carbocycles. The average Bonchev–Trinajstić information content (AvgIpc) is 2.46. The Bertz CT molecular complexity index is 493. The number of hydrogen-bond acceptors (Lipinski definition) is 3. The molecule has 0 aromatic heterocycles. The maximum absolute atomic E-state index is 14.2. The molecule has 3 nitrogen and oxygen atoms in total. The first-order valence-corrected chi connectivity index (χ1v) is 7.59. The third-order valence-electron chi connectivity index (χ3n) is 5.03. The molecule has 110 valence electrons. The molecule has 2 aliphatic rings. The third kappa shape index (κ3) is 2.31. The molecule has 2 fully saturated rings. The van der Waals surface area contributed by atoms with Gasteiger partial charge in [-0.1, -0.05) is 25.0 Å². The Morgan fingerprint density at radius 3 is 3.00 bits per heavy atom. The van der Waals surface area contributed by atoms with Crippen molar-refractivity contribution < 1.29 is 9.50 Å². The maximum Gasteiger partial charge on any atom is 0.146 e. The van der Waals surface area contributed by atoms with Crippen LogP contribution in [0.4, 0.5) is 10.1 Å². The summed E-state index contributed by atoms with van der Waals surface area (Å²) < 4.78 is 14.2. The number of para-hydroxylation sites is 1. The van der Waals surface area contributed by atoms with Gasteiger partial charge >= 0.3 is 0 Å². The molecule has 3 N–H and O–H groups in total. The molecule has 1 aromatic rings. The van der Waals surface area contributed by atoms with Crippen LogP contribution in [-0.2, 0) is 6.54 Å². The average molecular weight is 278 g/mol. The highest BCUT2D eigenvalue weighted by molar-refractivity contribution is 5.55. The first-order chi connectivity index (χ1) is 9.64. The minimum absolute atomic E-state index is 0.200. The lowest BCUT2D eigenvalue weighted by molar-refractivity contribution is -0.0613. The molecule has 1 heterocycles. The number of halogens is 1. The molecule has 3 rings (SSSR count). The molecule has 0 amide bonds. The molecule has 1 aliphatic heterocycles. The normalized spacial score (nSPS) is 30.1. The van der Waals surface area contributed by atoms with Gasteiger partial charge in [0.1, 0.15) is 5.82 Å². The van der Waals surface area contributed by atoms with Crippen LogP contribution in [-0.4, -0.2) is 23.8 Å². The van der Waals surface area contributed by atoms with Crippen LogP contribution < -0.4 is 10.6 Å². The molecular formula is C16H23FN2O. The van der Waals surface area contributed by atoms with Crippen molar-refractivity contribution in [1.82, 2.24) is 0 Å². The zero-order valence-electron chi connectivity index (χ0n) is 11.8. The molecular weight excluding hydrogens is 255 g/mol. The van der Waals surface area contributed by atoms with E-state index in [-0.39, 0.29) is 11.7 Å². The number of aliphatic hydroxyl groups is 1. The molecule has 0 radical (unpaired) electrons. The number of hydrogen-bond donors (Lipinski definition) is 2. The van der Waals surface area contributed by atoms with Crippen LogP contribution in [0.25, 0.3) is 0 Å². The van der Waals surface area contributed by atoms with Gasteiger partial charge in [-0.25, -0.2) is 4.39 Å². The molecule has 0 spiro atoms. The molecule has 2 unspecified atom stereocenters. The summed E-state index contributed by atoms with van der Waals surface area (Å²) in [6, 6.07) is 5.10. The molecule has 20 heavy (non-hydrogen) atoms. The van der Waals surface area contributed by atoms with E-state index in [0.29, 0.717) is 18.8 Å². The Morgan fingerprint density at radius 2 is 2.20 bits per heavy atom. The van der Waals surface area contributed by atoms with Gasteiger partial charge in [0.15, 0.2) is 0 Å². The van der Waals surface area contributed by atoms with Crippen molar-refractivity contribution >= 4 is 5.69 Å². The maximum atomic E-state index is 14.2. The van der Waals surface area contributed by atoms with Crippen molar-refractivity contribution in [2.75, 3.05) is 18.0 Å². The summed E-state index contributed by atoms with van der Waals surface area (Å²) in [6.07, 6.45) is 4.95. The Kier molecular flexibility index (Phi) is 3.69. The second-order valence-electron chi connectivity index (χ2n) is 6.19. The van der Waals surface area contributed by atoms with Crippen LogP contribution >= 0.6 is 0 Å². The molecule has 1 aromatic carbocycles. The van der Waals surface area contributed by atoms with E-state index in [0.717, 1.165) is 37.8 Å². The van der Waals surface area contributed by atoms with Gasteiger partial charge in [-0.15, -0.1) is 0 Å². The van der Waals surface area contributed by atoms with Gasteiger partial charge < -0.3 is 15.7 Å². The van der Waals surface area contributed by atoms with Gasteiger partial charge in [-0.05, 0) is 30.9 Å². The van der Waals surface area contributed by atoms with Gasteiger partial charge in [-0.3, -0.25) is 0 Å². The SMILES string of the molecule is NCc1cccc(F)c1N1CCC2(O)CCCCC2C1. The van der Waals surface area contributed by atoms with E-state index in [9.17, 15) is 9.50 Å². The molecule has 1 aliphatic carbocycles. The summed E-state index contributed by atoms with van der Waals surface area (Å²) in [5.74, 6) is 0.0597. The highest BCUT2D eigenvalue weighted by atomic mass is 19.1. The van der Waals surface area contributed by atoms with E-state index in [1.165, 1.54) is 12.5 Å². The predicted molar refractivity (Wildman–Crippen MR) is 78.0 cm³/mol. The zero-order chi connectivity index (χ0) is 14.2. The summed E-state index contributed by atoms with van der Waals surface area (Å²) >= 11 is 0. The lowest BCUT2D eigenvalue weighted by Gasteiger charge is -2.48. The van der Waals surface area contributed by atoms with Gasteiger partial charge in [0.25, 0.3) is 0 Å². The van der Waals surface area contributed by atoms with Crippen LogP contribution in [0, 0.1) is 11.7 Å². The number of anilines is 1. The highest BCUT2D eigenvalue weighted by Crippen LogP contribution is 2.41. The number of piperidine rings is 1. The van der Waals surface area contributed by atoms with Crippen molar-refractivity contribution in [2.45, 2.75) is 44.2 Å². The zero-order valence-corrected chi connectivity index (χ0v) is 11.8. The topological polar surface area (TPSA) is 49.5 Å². The predicted octanol–water partition coefficient (Wildman–Crippen LogP) is 2.42. The fourth-order valence-electron chi connectivity index (χ4n) is 3.85. The second kappa shape index (κ2) is 5.34. The summed E-state index contributed by atoms with van der Waals surface area (Å²) in [5, 5.41) is 10.7. The van der Waals surface area contributed by atoms with Crippen LogP contribution in [0.2, 0.25) is 0 Å².